The summed E-state index contributed by atoms with van der Waals surface area (Å²) in [5.41, 5.74) is 0. The van der Waals surface area contributed by atoms with Gasteiger partial charge in [0.15, 0.2) is 0 Å². The number of hydrogen-bond acceptors (Lipinski definition) is 2. The van der Waals surface area contributed by atoms with Crippen LogP contribution in [0.4, 0.5) is 0 Å². The third-order valence-corrected chi connectivity index (χ3v) is 1.62. The molecule has 66 valence electrons. The largest absolute Gasteiger partial charge is 0.311 e. The molecule has 1 unspecified atom stereocenters. The highest BCUT2D eigenvalue weighted by atomic mass is 15.1. The normalized spacial score (nSPS) is 13.5. The molecule has 1 atom stereocenters. The van der Waals surface area contributed by atoms with Crippen LogP contribution in [0.25, 0.3) is 0 Å². The van der Waals surface area contributed by atoms with E-state index in [0.29, 0.717) is 6.04 Å². The van der Waals surface area contributed by atoms with Gasteiger partial charge in [-0.15, -0.1) is 6.58 Å². The molecule has 0 radical (unpaired) electrons. The molecule has 11 heavy (non-hydrogen) atoms. The first-order valence-electron chi connectivity index (χ1n) is 4.15. The molecule has 0 aromatic rings. The molecule has 0 aliphatic carbocycles. The molecule has 0 fully saturated rings. The quantitative estimate of drug-likeness (QED) is 0.579. The van der Waals surface area contributed by atoms with Gasteiger partial charge >= 0.3 is 0 Å². The first-order valence-corrected chi connectivity index (χ1v) is 4.15. The topological polar surface area (TPSA) is 15.3 Å². The van der Waals surface area contributed by atoms with Gasteiger partial charge in [-0.25, -0.2) is 0 Å². The van der Waals surface area contributed by atoms with E-state index in [1.54, 1.807) is 0 Å². The van der Waals surface area contributed by atoms with Crippen molar-refractivity contribution in [2.75, 3.05) is 27.2 Å². The van der Waals surface area contributed by atoms with E-state index in [-0.39, 0.29) is 0 Å². The summed E-state index contributed by atoms with van der Waals surface area (Å²) in [5.74, 6) is 0. The average Bonchev–Trinajstić information content (AvgIpc) is 1.97. The molecule has 0 spiro atoms. The van der Waals surface area contributed by atoms with Crippen LogP contribution in [0.3, 0.4) is 0 Å². The second kappa shape index (κ2) is 6.38. The van der Waals surface area contributed by atoms with E-state index in [0.717, 1.165) is 13.1 Å². The second-order valence-corrected chi connectivity index (χ2v) is 3.19. The van der Waals surface area contributed by atoms with Crippen LogP contribution in [0.15, 0.2) is 12.7 Å². The van der Waals surface area contributed by atoms with Crippen LogP contribution in [0, 0.1) is 0 Å². The zero-order chi connectivity index (χ0) is 8.69. The van der Waals surface area contributed by atoms with Crippen molar-refractivity contribution in [3.05, 3.63) is 12.7 Å². The predicted octanol–water partition coefficient (Wildman–Crippen LogP) is 1.10. The van der Waals surface area contributed by atoms with Crippen molar-refractivity contribution in [3.63, 3.8) is 0 Å². The molecule has 2 heteroatoms. The Morgan fingerprint density at radius 2 is 2.18 bits per heavy atom. The molecule has 1 N–H and O–H groups in total. The van der Waals surface area contributed by atoms with E-state index in [1.807, 2.05) is 6.08 Å². The lowest BCUT2D eigenvalue weighted by Crippen LogP contribution is -2.29. The zero-order valence-corrected chi connectivity index (χ0v) is 7.93. The number of nitrogens with one attached hydrogen (secondary N) is 1. The molecule has 0 bridgehead atoms. The molecule has 0 aliphatic rings. The van der Waals surface area contributed by atoms with Crippen LogP contribution in [-0.4, -0.2) is 38.1 Å². The molecule has 0 aromatic heterocycles. The lowest BCUT2D eigenvalue weighted by atomic mass is 10.2. The maximum atomic E-state index is 3.65. The number of nitrogens with zero attached hydrogens (tertiary/aromatic N) is 1. The maximum Gasteiger partial charge on any atom is 0.0134 e. The summed E-state index contributed by atoms with van der Waals surface area (Å²) >= 11 is 0. The summed E-state index contributed by atoms with van der Waals surface area (Å²) in [7, 11) is 4.19. The van der Waals surface area contributed by atoms with Gasteiger partial charge in [0.1, 0.15) is 0 Å². The van der Waals surface area contributed by atoms with Crippen LogP contribution < -0.4 is 5.32 Å². The fraction of sp³-hybridized carbons (Fsp3) is 0.778. The molecule has 0 aromatic carbocycles. The van der Waals surface area contributed by atoms with E-state index in [2.05, 4.69) is 37.8 Å². The second-order valence-electron chi connectivity index (χ2n) is 3.19. The van der Waals surface area contributed by atoms with Gasteiger partial charge in [0.25, 0.3) is 0 Å². The van der Waals surface area contributed by atoms with Gasteiger partial charge in [-0.1, -0.05) is 6.08 Å². The van der Waals surface area contributed by atoms with Crippen molar-refractivity contribution in [1.29, 1.82) is 0 Å². The first-order chi connectivity index (χ1) is 5.16. The Bertz CT molecular complexity index is 99.7. The van der Waals surface area contributed by atoms with Crippen molar-refractivity contribution < 1.29 is 0 Å². The average molecular weight is 156 g/mol. The highest BCUT2D eigenvalue weighted by Gasteiger charge is 1.99. The fourth-order valence-electron chi connectivity index (χ4n) is 0.838. The van der Waals surface area contributed by atoms with E-state index in [1.165, 1.54) is 6.42 Å². The monoisotopic (exact) mass is 156 g/mol. The number of hydrogen-bond donors (Lipinski definition) is 1. The fourth-order valence-corrected chi connectivity index (χ4v) is 0.838. The van der Waals surface area contributed by atoms with E-state index < -0.39 is 0 Å². The Hall–Kier alpha value is -0.340. The third-order valence-electron chi connectivity index (χ3n) is 1.62. The van der Waals surface area contributed by atoms with Crippen LogP contribution in [0.1, 0.15) is 13.3 Å². The summed E-state index contributed by atoms with van der Waals surface area (Å²) in [6, 6.07) is 0.593. The zero-order valence-electron chi connectivity index (χ0n) is 7.93. The molecule has 2 nitrogen and oxygen atoms in total. The Kier molecular flexibility index (Phi) is 6.18. The molecular weight excluding hydrogens is 136 g/mol. The first kappa shape index (κ1) is 10.7. The summed E-state index contributed by atoms with van der Waals surface area (Å²) < 4.78 is 0. The molecular formula is C9H20N2. The number of rotatable bonds is 6. The Labute approximate surface area is 70.3 Å². The minimum Gasteiger partial charge on any atom is -0.311 e. The summed E-state index contributed by atoms with van der Waals surface area (Å²) in [5, 5.41) is 3.34. The van der Waals surface area contributed by atoms with Gasteiger partial charge in [0.2, 0.25) is 0 Å². The van der Waals surface area contributed by atoms with Crippen molar-refractivity contribution in [2.45, 2.75) is 19.4 Å². The van der Waals surface area contributed by atoms with E-state index >= 15 is 0 Å². The summed E-state index contributed by atoms with van der Waals surface area (Å²) in [6.07, 6.45) is 3.09. The van der Waals surface area contributed by atoms with Gasteiger partial charge in [-0.05, 0) is 34.0 Å². The van der Waals surface area contributed by atoms with Crippen molar-refractivity contribution in [2.24, 2.45) is 0 Å². The summed E-state index contributed by atoms with van der Waals surface area (Å²) in [4.78, 5) is 2.20. The van der Waals surface area contributed by atoms with Crippen LogP contribution in [0.5, 0.6) is 0 Å². The van der Waals surface area contributed by atoms with Gasteiger partial charge < -0.3 is 10.2 Å². The van der Waals surface area contributed by atoms with Crippen molar-refractivity contribution in [1.82, 2.24) is 10.2 Å². The van der Waals surface area contributed by atoms with Crippen LogP contribution in [0.2, 0.25) is 0 Å². The van der Waals surface area contributed by atoms with Crippen molar-refractivity contribution in [3.8, 4) is 0 Å². The van der Waals surface area contributed by atoms with Crippen LogP contribution >= 0.6 is 0 Å². The highest BCUT2D eigenvalue weighted by molar-refractivity contribution is 4.73. The molecule has 0 saturated carbocycles. The standard InChI is InChI=1S/C9H20N2/c1-5-7-10-9(2)6-8-11(3)4/h5,9-10H,1,6-8H2,2-4H3. The van der Waals surface area contributed by atoms with Gasteiger partial charge in [0.05, 0.1) is 0 Å². The summed E-state index contributed by atoms with van der Waals surface area (Å²) in [6.45, 7) is 7.91. The van der Waals surface area contributed by atoms with Gasteiger partial charge in [-0.2, -0.15) is 0 Å². The van der Waals surface area contributed by atoms with Gasteiger partial charge in [-0.3, -0.25) is 0 Å². The lowest BCUT2D eigenvalue weighted by molar-refractivity contribution is 0.370. The van der Waals surface area contributed by atoms with Crippen molar-refractivity contribution >= 4 is 0 Å². The van der Waals surface area contributed by atoms with E-state index in [4.69, 9.17) is 0 Å². The molecule has 0 saturated heterocycles. The molecule has 0 amide bonds. The molecule has 0 aliphatic heterocycles. The Balaban J connectivity index is 3.21. The highest BCUT2D eigenvalue weighted by Crippen LogP contribution is 1.90. The molecule has 0 heterocycles. The maximum absolute atomic E-state index is 3.65. The Morgan fingerprint density at radius 3 is 2.64 bits per heavy atom. The SMILES string of the molecule is C=CCNC(C)CCN(C)C. The van der Waals surface area contributed by atoms with Crippen LogP contribution in [-0.2, 0) is 0 Å². The predicted molar refractivity (Wildman–Crippen MR) is 50.8 cm³/mol. The third kappa shape index (κ3) is 7.56. The minimum atomic E-state index is 0.593. The lowest BCUT2D eigenvalue weighted by Gasteiger charge is -2.15. The Morgan fingerprint density at radius 1 is 1.55 bits per heavy atom. The molecule has 0 rings (SSSR count). The van der Waals surface area contributed by atoms with Gasteiger partial charge in [0, 0.05) is 12.6 Å². The van der Waals surface area contributed by atoms with E-state index in [9.17, 15) is 0 Å². The smallest absolute Gasteiger partial charge is 0.0134 e. The minimum absolute atomic E-state index is 0.593.